The van der Waals surface area contributed by atoms with Crippen LogP contribution in [0.25, 0.3) is 0 Å². The molecule has 0 saturated carbocycles. The fraction of sp³-hybridized carbons (Fsp3) is 0.556. The zero-order chi connectivity index (χ0) is 18.6. The Balaban J connectivity index is 2.42. The predicted molar refractivity (Wildman–Crippen MR) is 96.2 cm³/mol. The number of ether oxygens (including phenoxy) is 2. The number of carbonyl (C=O) groups is 2. The number of nitrogens with zero attached hydrogens (tertiary/aromatic N) is 1. The molecule has 0 bridgehead atoms. The number of nitrogens with two attached hydrogens (primary N) is 1. The van der Waals surface area contributed by atoms with Crippen molar-refractivity contribution in [3.63, 3.8) is 0 Å². The SMILES string of the molecule is COc1cc(C(=O)N2CCCCC2C(C)N)cc(NC(C)=O)c1OC. The third kappa shape index (κ3) is 4.22. The summed E-state index contributed by atoms with van der Waals surface area (Å²) in [7, 11) is 2.98. The highest BCUT2D eigenvalue weighted by molar-refractivity contribution is 5.99. The average Bonchev–Trinajstić information content (AvgIpc) is 2.59. The normalized spacial score (nSPS) is 18.4. The zero-order valence-corrected chi connectivity index (χ0v) is 15.3. The van der Waals surface area contributed by atoms with Gasteiger partial charge in [0.05, 0.1) is 19.9 Å². The van der Waals surface area contributed by atoms with E-state index in [-0.39, 0.29) is 23.9 Å². The van der Waals surface area contributed by atoms with E-state index in [2.05, 4.69) is 5.32 Å². The minimum atomic E-state index is -0.253. The van der Waals surface area contributed by atoms with E-state index in [0.717, 1.165) is 19.3 Å². The molecule has 2 rings (SSSR count). The fourth-order valence-corrected chi connectivity index (χ4v) is 3.29. The van der Waals surface area contributed by atoms with Gasteiger partial charge in [-0.1, -0.05) is 0 Å². The van der Waals surface area contributed by atoms with Gasteiger partial charge in [-0.05, 0) is 38.3 Å². The molecule has 1 aliphatic rings. The minimum absolute atomic E-state index is 0.0126. The summed E-state index contributed by atoms with van der Waals surface area (Å²) in [5, 5.41) is 2.69. The molecule has 3 N–H and O–H groups in total. The summed E-state index contributed by atoms with van der Waals surface area (Å²) >= 11 is 0. The molecule has 138 valence electrons. The van der Waals surface area contributed by atoms with Crippen LogP contribution in [0.2, 0.25) is 0 Å². The van der Waals surface area contributed by atoms with Crippen molar-refractivity contribution in [2.24, 2.45) is 5.73 Å². The highest BCUT2D eigenvalue weighted by Gasteiger charge is 2.30. The lowest BCUT2D eigenvalue weighted by molar-refractivity contribution is -0.114. The van der Waals surface area contributed by atoms with E-state index in [9.17, 15) is 9.59 Å². The van der Waals surface area contributed by atoms with E-state index in [1.165, 1.54) is 21.1 Å². The zero-order valence-electron chi connectivity index (χ0n) is 15.3. The van der Waals surface area contributed by atoms with Gasteiger partial charge in [-0.25, -0.2) is 0 Å². The molecule has 1 saturated heterocycles. The molecule has 1 heterocycles. The van der Waals surface area contributed by atoms with Crippen LogP contribution in [-0.2, 0) is 4.79 Å². The van der Waals surface area contributed by atoms with E-state index in [0.29, 0.717) is 29.3 Å². The molecule has 2 unspecified atom stereocenters. The van der Waals surface area contributed by atoms with Crippen LogP contribution in [-0.4, -0.2) is 49.6 Å². The van der Waals surface area contributed by atoms with Crippen molar-refractivity contribution < 1.29 is 19.1 Å². The van der Waals surface area contributed by atoms with Crippen LogP contribution in [0, 0.1) is 0 Å². The molecule has 2 atom stereocenters. The molecule has 1 aliphatic heterocycles. The van der Waals surface area contributed by atoms with Crippen molar-refractivity contribution >= 4 is 17.5 Å². The first-order valence-corrected chi connectivity index (χ1v) is 8.49. The van der Waals surface area contributed by atoms with Gasteiger partial charge in [-0.2, -0.15) is 0 Å². The molecular formula is C18H27N3O4. The number of hydrogen-bond acceptors (Lipinski definition) is 5. The Morgan fingerprint density at radius 3 is 2.56 bits per heavy atom. The molecule has 0 spiro atoms. The average molecular weight is 349 g/mol. The van der Waals surface area contributed by atoms with Gasteiger partial charge >= 0.3 is 0 Å². The van der Waals surface area contributed by atoms with Crippen LogP contribution in [0.1, 0.15) is 43.5 Å². The molecule has 7 nitrogen and oxygen atoms in total. The molecule has 1 aromatic rings. The summed E-state index contributed by atoms with van der Waals surface area (Å²) < 4.78 is 10.7. The monoisotopic (exact) mass is 349 g/mol. The molecule has 0 aromatic heterocycles. The van der Waals surface area contributed by atoms with Crippen molar-refractivity contribution in [2.75, 3.05) is 26.1 Å². The van der Waals surface area contributed by atoms with Crippen LogP contribution in [0.4, 0.5) is 5.69 Å². The summed E-state index contributed by atoms with van der Waals surface area (Å²) in [5.41, 5.74) is 6.92. The summed E-state index contributed by atoms with van der Waals surface area (Å²) in [6.45, 7) is 4.00. The van der Waals surface area contributed by atoms with E-state index in [1.54, 1.807) is 12.1 Å². The molecule has 2 amide bonds. The summed E-state index contributed by atoms with van der Waals surface area (Å²) in [6, 6.07) is 3.18. The molecular weight excluding hydrogens is 322 g/mol. The van der Waals surface area contributed by atoms with Crippen LogP contribution in [0.15, 0.2) is 12.1 Å². The number of likely N-dealkylation sites (tertiary alicyclic amines) is 1. The molecule has 1 aromatic carbocycles. The maximum absolute atomic E-state index is 13.1. The van der Waals surface area contributed by atoms with Crippen molar-refractivity contribution in [3.8, 4) is 11.5 Å². The predicted octanol–water partition coefficient (Wildman–Crippen LogP) is 2.00. The topological polar surface area (TPSA) is 93.9 Å². The van der Waals surface area contributed by atoms with Gasteiger partial charge in [0.2, 0.25) is 5.91 Å². The third-order valence-electron chi connectivity index (χ3n) is 4.45. The molecule has 25 heavy (non-hydrogen) atoms. The van der Waals surface area contributed by atoms with Gasteiger partial charge in [0.25, 0.3) is 5.91 Å². The maximum atomic E-state index is 13.1. The summed E-state index contributed by atoms with van der Waals surface area (Å²) in [6.07, 6.45) is 2.93. The van der Waals surface area contributed by atoms with Crippen LogP contribution < -0.4 is 20.5 Å². The first-order valence-electron chi connectivity index (χ1n) is 8.49. The third-order valence-corrected chi connectivity index (χ3v) is 4.45. The highest BCUT2D eigenvalue weighted by atomic mass is 16.5. The van der Waals surface area contributed by atoms with Crippen LogP contribution in [0.3, 0.4) is 0 Å². The first-order chi connectivity index (χ1) is 11.9. The van der Waals surface area contributed by atoms with Gasteiger partial charge in [-0.15, -0.1) is 0 Å². The lowest BCUT2D eigenvalue weighted by atomic mass is 9.96. The van der Waals surface area contributed by atoms with Gasteiger partial charge in [-0.3, -0.25) is 9.59 Å². The van der Waals surface area contributed by atoms with Gasteiger partial charge < -0.3 is 25.4 Å². The lowest BCUT2D eigenvalue weighted by Crippen LogP contribution is -2.51. The highest BCUT2D eigenvalue weighted by Crippen LogP contribution is 2.37. The van der Waals surface area contributed by atoms with E-state index in [4.69, 9.17) is 15.2 Å². The van der Waals surface area contributed by atoms with Crippen LogP contribution in [0.5, 0.6) is 11.5 Å². The molecule has 0 radical (unpaired) electrons. The number of benzene rings is 1. The number of anilines is 1. The summed E-state index contributed by atoms with van der Waals surface area (Å²) in [5.74, 6) is 0.411. The lowest BCUT2D eigenvalue weighted by Gasteiger charge is -2.38. The number of methoxy groups -OCH3 is 2. The molecule has 0 aliphatic carbocycles. The number of nitrogens with one attached hydrogen (secondary N) is 1. The van der Waals surface area contributed by atoms with Crippen molar-refractivity contribution in [2.45, 2.75) is 45.2 Å². The second-order valence-electron chi connectivity index (χ2n) is 6.36. The first kappa shape index (κ1) is 19.1. The van der Waals surface area contributed by atoms with E-state index in [1.807, 2.05) is 11.8 Å². The number of rotatable bonds is 5. The number of carbonyl (C=O) groups excluding carboxylic acids is 2. The quantitative estimate of drug-likeness (QED) is 0.848. The van der Waals surface area contributed by atoms with Gasteiger partial charge in [0.15, 0.2) is 11.5 Å². The standard InChI is InChI=1S/C18H27N3O4/c1-11(19)15-7-5-6-8-21(15)18(23)13-9-14(20-12(2)22)17(25-4)16(10-13)24-3/h9-11,15H,5-8,19H2,1-4H3,(H,20,22). The minimum Gasteiger partial charge on any atom is -0.493 e. The van der Waals surface area contributed by atoms with Crippen LogP contribution >= 0.6 is 0 Å². The molecule has 1 fully saturated rings. The fourth-order valence-electron chi connectivity index (χ4n) is 3.29. The number of hydrogen-bond donors (Lipinski definition) is 2. The Bertz CT molecular complexity index is 645. The van der Waals surface area contributed by atoms with Crippen molar-refractivity contribution in [1.82, 2.24) is 4.90 Å². The smallest absolute Gasteiger partial charge is 0.254 e. The Morgan fingerprint density at radius 1 is 1.28 bits per heavy atom. The van der Waals surface area contributed by atoms with E-state index >= 15 is 0 Å². The Hall–Kier alpha value is -2.28. The second-order valence-corrected chi connectivity index (χ2v) is 6.36. The van der Waals surface area contributed by atoms with Crippen molar-refractivity contribution in [3.05, 3.63) is 17.7 Å². The van der Waals surface area contributed by atoms with Gasteiger partial charge in [0.1, 0.15) is 0 Å². The largest absolute Gasteiger partial charge is 0.493 e. The Morgan fingerprint density at radius 2 is 2.00 bits per heavy atom. The number of amides is 2. The van der Waals surface area contributed by atoms with Gasteiger partial charge in [0, 0.05) is 31.1 Å². The summed E-state index contributed by atoms with van der Waals surface area (Å²) in [4.78, 5) is 26.4. The van der Waals surface area contributed by atoms with Crippen molar-refractivity contribution in [1.29, 1.82) is 0 Å². The second kappa shape index (κ2) is 8.20. The Labute approximate surface area is 148 Å². The Kier molecular flexibility index (Phi) is 6.25. The maximum Gasteiger partial charge on any atom is 0.254 e. The number of piperidine rings is 1. The molecule has 7 heteroatoms. The van der Waals surface area contributed by atoms with E-state index < -0.39 is 0 Å².